The zero-order chi connectivity index (χ0) is 13.7. The van der Waals surface area contributed by atoms with E-state index in [1.165, 1.54) is 31.4 Å². The molecule has 3 heteroatoms. The minimum atomic E-state index is 0.723. The Labute approximate surface area is 117 Å². The first-order valence-electron chi connectivity index (χ1n) is 7.70. The molecule has 1 N–H and O–H groups in total. The molecule has 2 rings (SSSR count). The van der Waals surface area contributed by atoms with E-state index >= 15 is 0 Å². The van der Waals surface area contributed by atoms with E-state index in [2.05, 4.69) is 37.1 Å². The van der Waals surface area contributed by atoms with Gasteiger partial charge in [-0.2, -0.15) is 0 Å². The highest BCUT2D eigenvalue weighted by Gasteiger charge is 2.29. The third-order valence-electron chi connectivity index (χ3n) is 3.49. The maximum absolute atomic E-state index is 5.70. The highest BCUT2D eigenvalue weighted by Crippen LogP contribution is 2.29. The standard InChI is InChI=1S/C16H28N2O/c1-4-7-17-9-14-8-16(19-12-14)11-18(10-13(2)3)15-5-6-15/h8,12-13,15,17H,4-7,9-11H2,1-3H3. The maximum atomic E-state index is 5.70. The average Bonchev–Trinajstić information content (AvgIpc) is 3.11. The first-order chi connectivity index (χ1) is 9.19. The molecule has 0 unspecified atom stereocenters. The Hall–Kier alpha value is -0.800. The van der Waals surface area contributed by atoms with Crippen molar-refractivity contribution < 1.29 is 4.42 Å². The van der Waals surface area contributed by atoms with Crippen molar-refractivity contribution in [1.82, 2.24) is 10.2 Å². The van der Waals surface area contributed by atoms with Crippen LogP contribution in [0.15, 0.2) is 16.7 Å². The smallest absolute Gasteiger partial charge is 0.118 e. The van der Waals surface area contributed by atoms with Crippen LogP contribution in [0, 0.1) is 5.92 Å². The minimum absolute atomic E-state index is 0.723. The van der Waals surface area contributed by atoms with E-state index in [1.807, 2.05) is 6.26 Å². The second kappa shape index (κ2) is 7.11. The molecule has 0 bridgehead atoms. The summed E-state index contributed by atoms with van der Waals surface area (Å²) >= 11 is 0. The highest BCUT2D eigenvalue weighted by molar-refractivity contribution is 5.13. The molecule has 0 amide bonds. The molecule has 1 saturated carbocycles. The second-order valence-corrected chi connectivity index (χ2v) is 6.15. The average molecular weight is 264 g/mol. The van der Waals surface area contributed by atoms with Gasteiger partial charge in [0.1, 0.15) is 5.76 Å². The summed E-state index contributed by atoms with van der Waals surface area (Å²) in [5.41, 5.74) is 1.27. The Kier molecular flexibility index (Phi) is 5.46. The van der Waals surface area contributed by atoms with Gasteiger partial charge in [-0.05, 0) is 37.8 Å². The summed E-state index contributed by atoms with van der Waals surface area (Å²) in [5, 5.41) is 3.41. The summed E-state index contributed by atoms with van der Waals surface area (Å²) in [6.07, 6.45) is 5.80. The molecule has 0 radical (unpaired) electrons. The zero-order valence-corrected chi connectivity index (χ0v) is 12.6. The van der Waals surface area contributed by atoms with Gasteiger partial charge in [-0.1, -0.05) is 20.8 Å². The van der Waals surface area contributed by atoms with Gasteiger partial charge in [-0.3, -0.25) is 4.90 Å². The Morgan fingerprint density at radius 3 is 2.84 bits per heavy atom. The summed E-state index contributed by atoms with van der Waals surface area (Å²) in [6.45, 7) is 10.9. The summed E-state index contributed by atoms with van der Waals surface area (Å²) < 4.78 is 5.70. The molecule has 0 spiro atoms. The lowest BCUT2D eigenvalue weighted by molar-refractivity contribution is 0.209. The fourth-order valence-electron chi connectivity index (χ4n) is 2.46. The summed E-state index contributed by atoms with van der Waals surface area (Å²) in [6, 6.07) is 3.01. The minimum Gasteiger partial charge on any atom is -0.468 e. The van der Waals surface area contributed by atoms with Crippen LogP contribution in [-0.2, 0) is 13.1 Å². The molecular formula is C16H28N2O. The van der Waals surface area contributed by atoms with Gasteiger partial charge in [-0.15, -0.1) is 0 Å². The van der Waals surface area contributed by atoms with Crippen LogP contribution < -0.4 is 5.32 Å². The van der Waals surface area contributed by atoms with E-state index < -0.39 is 0 Å². The first-order valence-corrected chi connectivity index (χ1v) is 7.70. The molecule has 3 nitrogen and oxygen atoms in total. The molecule has 0 atom stereocenters. The van der Waals surface area contributed by atoms with Crippen molar-refractivity contribution in [3.05, 3.63) is 23.7 Å². The zero-order valence-electron chi connectivity index (χ0n) is 12.6. The number of hydrogen-bond acceptors (Lipinski definition) is 3. The number of furan rings is 1. The van der Waals surface area contributed by atoms with E-state index in [1.54, 1.807) is 0 Å². The lowest BCUT2D eigenvalue weighted by Crippen LogP contribution is -2.29. The van der Waals surface area contributed by atoms with Crippen LogP contribution in [0.4, 0.5) is 0 Å². The summed E-state index contributed by atoms with van der Waals surface area (Å²) in [7, 11) is 0. The highest BCUT2D eigenvalue weighted by atomic mass is 16.3. The molecular weight excluding hydrogens is 236 g/mol. The predicted molar refractivity (Wildman–Crippen MR) is 79.0 cm³/mol. The van der Waals surface area contributed by atoms with Gasteiger partial charge < -0.3 is 9.73 Å². The molecule has 0 saturated heterocycles. The number of hydrogen-bond donors (Lipinski definition) is 1. The largest absolute Gasteiger partial charge is 0.468 e. The lowest BCUT2D eigenvalue weighted by Gasteiger charge is -2.22. The van der Waals surface area contributed by atoms with E-state index in [9.17, 15) is 0 Å². The fourth-order valence-corrected chi connectivity index (χ4v) is 2.46. The van der Waals surface area contributed by atoms with Gasteiger partial charge >= 0.3 is 0 Å². The quantitative estimate of drug-likeness (QED) is 0.693. The van der Waals surface area contributed by atoms with Crippen LogP contribution in [0.25, 0.3) is 0 Å². The molecule has 0 aromatic carbocycles. The second-order valence-electron chi connectivity index (χ2n) is 6.15. The number of nitrogens with zero attached hydrogens (tertiary/aromatic N) is 1. The van der Waals surface area contributed by atoms with Gasteiger partial charge in [0.2, 0.25) is 0 Å². The van der Waals surface area contributed by atoms with Crippen LogP contribution in [0.2, 0.25) is 0 Å². The molecule has 1 aromatic heterocycles. The molecule has 19 heavy (non-hydrogen) atoms. The van der Waals surface area contributed by atoms with E-state index in [0.717, 1.165) is 37.4 Å². The van der Waals surface area contributed by atoms with Crippen molar-refractivity contribution in [3.63, 3.8) is 0 Å². The third-order valence-corrected chi connectivity index (χ3v) is 3.49. The summed E-state index contributed by atoms with van der Waals surface area (Å²) in [4.78, 5) is 2.58. The van der Waals surface area contributed by atoms with Crippen molar-refractivity contribution in [3.8, 4) is 0 Å². The van der Waals surface area contributed by atoms with Crippen LogP contribution in [0.5, 0.6) is 0 Å². The Balaban J connectivity index is 1.83. The lowest BCUT2D eigenvalue weighted by atomic mass is 10.2. The number of rotatable bonds is 9. The van der Waals surface area contributed by atoms with Gasteiger partial charge in [0, 0.05) is 24.7 Å². The van der Waals surface area contributed by atoms with Crippen LogP contribution in [0.1, 0.15) is 51.4 Å². The van der Waals surface area contributed by atoms with Crippen molar-refractivity contribution in [2.24, 2.45) is 5.92 Å². The van der Waals surface area contributed by atoms with Gasteiger partial charge in [0.25, 0.3) is 0 Å². The van der Waals surface area contributed by atoms with Crippen LogP contribution in [0.3, 0.4) is 0 Å². The van der Waals surface area contributed by atoms with Gasteiger partial charge in [-0.25, -0.2) is 0 Å². The van der Waals surface area contributed by atoms with Crippen LogP contribution in [-0.4, -0.2) is 24.0 Å². The van der Waals surface area contributed by atoms with Gasteiger partial charge in [0.15, 0.2) is 0 Å². The van der Waals surface area contributed by atoms with Crippen molar-refractivity contribution in [1.29, 1.82) is 0 Å². The predicted octanol–water partition coefficient (Wildman–Crippen LogP) is 3.40. The van der Waals surface area contributed by atoms with Crippen molar-refractivity contribution in [2.45, 2.75) is 59.2 Å². The van der Waals surface area contributed by atoms with Crippen molar-refractivity contribution in [2.75, 3.05) is 13.1 Å². The molecule has 1 aliphatic carbocycles. The van der Waals surface area contributed by atoms with E-state index in [-0.39, 0.29) is 0 Å². The molecule has 0 aliphatic heterocycles. The monoisotopic (exact) mass is 264 g/mol. The van der Waals surface area contributed by atoms with Crippen molar-refractivity contribution >= 4 is 0 Å². The molecule has 1 fully saturated rings. The normalized spacial score (nSPS) is 15.6. The van der Waals surface area contributed by atoms with E-state index in [0.29, 0.717) is 0 Å². The van der Waals surface area contributed by atoms with E-state index in [4.69, 9.17) is 4.42 Å². The third kappa shape index (κ3) is 5.00. The first kappa shape index (κ1) is 14.6. The molecule has 1 heterocycles. The van der Waals surface area contributed by atoms with Crippen LogP contribution >= 0.6 is 0 Å². The molecule has 1 aliphatic rings. The number of nitrogens with one attached hydrogen (secondary N) is 1. The molecule has 1 aromatic rings. The Morgan fingerprint density at radius 2 is 2.21 bits per heavy atom. The van der Waals surface area contributed by atoms with Gasteiger partial charge in [0.05, 0.1) is 12.8 Å². The Morgan fingerprint density at radius 1 is 1.42 bits per heavy atom. The maximum Gasteiger partial charge on any atom is 0.118 e. The fraction of sp³-hybridized carbons (Fsp3) is 0.750. The molecule has 108 valence electrons. The topological polar surface area (TPSA) is 28.4 Å². The Bertz CT molecular complexity index is 369. The summed E-state index contributed by atoms with van der Waals surface area (Å²) in [5.74, 6) is 1.84. The SMILES string of the molecule is CCCNCc1coc(CN(CC(C)C)C2CC2)c1.